The summed E-state index contributed by atoms with van der Waals surface area (Å²) in [6.45, 7) is 4.83. The first-order chi connectivity index (χ1) is 17.6. The minimum atomic E-state index is -1.10. The van der Waals surface area contributed by atoms with E-state index in [0.29, 0.717) is 25.4 Å². The van der Waals surface area contributed by atoms with Crippen molar-refractivity contribution in [2.45, 2.75) is 49.9 Å². The van der Waals surface area contributed by atoms with Gasteiger partial charge in [-0.05, 0) is 37.8 Å². The molecule has 1 spiro atoms. The number of amides is 3. The van der Waals surface area contributed by atoms with Crippen LogP contribution in [0.15, 0.2) is 60.7 Å². The summed E-state index contributed by atoms with van der Waals surface area (Å²) in [4.78, 5) is 43.8. The van der Waals surface area contributed by atoms with Gasteiger partial charge >= 0.3 is 0 Å². The van der Waals surface area contributed by atoms with Gasteiger partial charge in [-0.2, -0.15) is 11.8 Å². The van der Waals surface area contributed by atoms with E-state index >= 15 is 0 Å². The van der Waals surface area contributed by atoms with E-state index in [1.807, 2.05) is 55.6 Å². The van der Waals surface area contributed by atoms with Crippen molar-refractivity contribution in [1.82, 2.24) is 15.1 Å². The Hall–Kier alpha value is -2.84. The molecule has 3 N–H and O–H groups in total. The molecule has 4 rings (SSSR count). The molecule has 2 aliphatic rings. The molecule has 0 bridgehead atoms. The fraction of sp³-hybridized carbons (Fsp3) is 0.483. The molecule has 2 aromatic carbocycles. The summed E-state index contributed by atoms with van der Waals surface area (Å²) in [6.07, 6.45) is 1.49. The minimum Gasteiger partial charge on any atom is -0.345 e. The number of nitrogens with one attached hydrogen (secondary N) is 1. The quantitative estimate of drug-likeness (QED) is 0.556. The van der Waals surface area contributed by atoms with Gasteiger partial charge in [0.1, 0.15) is 6.04 Å². The highest BCUT2D eigenvalue weighted by atomic mass is 32.2. The van der Waals surface area contributed by atoms with E-state index in [1.165, 1.54) is 0 Å². The first-order valence-electron chi connectivity index (χ1n) is 12.9. The van der Waals surface area contributed by atoms with Crippen molar-refractivity contribution in [2.75, 3.05) is 32.4 Å². The molecule has 2 aliphatic heterocycles. The van der Waals surface area contributed by atoms with Crippen molar-refractivity contribution in [3.63, 3.8) is 0 Å². The third-order valence-electron chi connectivity index (χ3n) is 7.52. The van der Waals surface area contributed by atoms with Gasteiger partial charge in [0, 0.05) is 44.1 Å². The molecule has 2 unspecified atom stereocenters. The van der Waals surface area contributed by atoms with Gasteiger partial charge in [-0.15, -0.1) is 0 Å². The van der Waals surface area contributed by atoms with Gasteiger partial charge in [0.25, 0.3) is 0 Å². The van der Waals surface area contributed by atoms with E-state index in [0.717, 1.165) is 29.7 Å². The summed E-state index contributed by atoms with van der Waals surface area (Å²) in [7, 11) is 1.85. The number of carbonyl (C=O) groups excluding carboxylic acids is 3. The monoisotopic (exact) mass is 522 g/mol. The van der Waals surface area contributed by atoms with E-state index in [9.17, 15) is 14.4 Å². The summed E-state index contributed by atoms with van der Waals surface area (Å²) >= 11 is 1.60. The lowest BCUT2D eigenvalue weighted by Crippen LogP contribution is -2.60. The molecule has 2 aromatic rings. The highest BCUT2D eigenvalue weighted by Gasteiger charge is 2.55. The number of hydrogen-bond acceptors (Lipinski definition) is 5. The normalized spacial score (nSPS) is 22.8. The summed E-state index contributed by atoms with van der Waals surface area (Å²) in [5, 5.41) is 2.91. The summed E-state index contributed by atoms with van der Waals surface area (Å²) in [5.74, 6) is 0.763. The average Bonchev–Trinajstić information content (AvgIpc) is 3.13. The number of thioether (sulfide) groups is 1. The third-order valence-corrected chi connectivity index (χ3v) is 8.62. The molecule has 2 saturated heterocycles. The van der Waals surface area contributed by atoms with E-state index in [4.69, 9.17) is 5.73 Å². The Morgan fingerprint density at radius 1 is 1.14 bits per heavy atom. The average molecular weight is 523 g/mol. The summed E-state index contributed by atoms with van der Waals surface area (Å²) in [6, 6.07) is 19.5. The number of nitrogens with two attached hydrogens (primary N) is 1. The van der Waals surface area contributed by atoms with Crippen LogP contribution in [0.4, 0.5) is 0 Å². The maximum Gasteiger partial charge on any atom is 0.246 e. The summed E-state index contributed by atoms with van der Waals surface area (Å²) < 4.78 is 0. The van der Waals surface area contributed by atoms with Gasteiger partial charge in [-0.1, -0.05) is 60.7 Å². The second-order valence-corrected chi connectivity index (χ2v) is 11.9. The highest BCUT2D eigenvalue weighted by molar-refractivity contribution is 7.98. The number of rotatable bonds is 8. The number of likely N-dealkylation sites (N-methyl/N-ethyl adjacent to an activating group) is 1. The fourth-order valence-corrected chi connectivity index (χ4v) is 6.52. The molecule has 7 nitrogen and oxygen atoms in total. The molecule has 2 fully saturated rings. The Labute approximate surface area is 224 Å². The maximum atomic E-state index is 13.9. The maximum absolute atomic E-state index is 13.9. The first-order valence-corrected chi connectivity index (χ1v) is 14.1. The second-order valence-electron chi connectivity index (χ2n) is 10.9. The lowest BCUT2D eigenvalue weighted by atomic mass is 9.69. The molecule has 8 heteroatoms. The molecular formula is C29H38N4O3S. The van der Waals surface area contributed by atoms with Gasteiger partial charge in [0.2, 0.25) is 17.7 Å². The van der Waals surface area contributed by atoms with Gasteiger partial charge in [-0.25, -0.2) is 0 Å². The lowest BCUT2D eigenvalue weighted by molar-refractivity contribution is -0.145. The minimum absolute atomic E-state index is 0.0188. The van der Waals surface area contributed by atoms with Gasteiger partial charge in [0.15, 0.2) is 0 Å². The van der Waals surface area contributed by atoms with Crippen molar-refractivity contribution in [3.05, 3.63) is 71.8 Å². The molecule has 0 aromatic heterocycles. The van der Waals surface area contributed by atoms with Crippen molar-refractivity contribution in [2.24, 2.45) is 11.1 Å². The molecule has 0 aliphatic carbocycles. The zero-order valence-corrected chi connectivity index (χ0v) is 22.8. The number of carbonyl (C=O) groups is 3. The Bertz CT molecular complexity index is 1110. The highest BCUT2D eigenvalue weighted by Crippen LogP contribution is 2.49. The van der Waals surface area contributed by atoms with Crippen LogP contribution >= 0.6 is 11.8 Å². The molecule has 0 saturated carbocycles. The number of nitrogens with zero attached hydrogens (tertiary/aromatic N) is 2. The molecule has 3 atom stereocenters. The van der Waals surface area contributed by atoms with Crippen LogP contribution in [-0.2, 0) is 20.1 Å². The van der Waals surface area contributed by atoms with Gasteiger partial charge < -0.3 is 20.9 Å². The van der Waals surface area contributed by atoms with Crippen LogP contribution in [-0.4, -0.2) is 71.5 Å². The Morgan fingerprint density at radius 3 is 2.43 bits per heavy atom. The van der Waals surface area contributed by atoms with E-state index in [2.05, 4.69) is 17.4 Å². The van der Waals surface area contributed by atoms with Crippen LogP contribution in [0.25, 0.3) is 0 Å². The Morgan fingerprint density at radius 2 is 1.78 bits per heavy atom. The predicted octanol–water partition coefficient (Wildman–Crippen LogP) is 3.01. The van der Waals surface area contributed by atoms with Crippen LogP contribution < -0.4 is 11.1 Å². The largest absolute Gasteiger partial charge is 0.345 e. The van der Waals surface area contributed by atoms with Crippen molar-refractivity contribution in [1.29, 1.82) is 0 Å². The van der Waals surface area contributed by atoms with Crippen molar-refractivity contribution >= 4 is 29.5 Å². The van der Waals surface area contributed by atoms with E-state index in [-0.39, 0.29) is 23.6 Å². The molecule has 3 amide bonds. The number of hydrogen-bond donors (Lipinski definition) is 2. The molecule has 0 radical (unpaired) electrons. The van der Waals surface area contributed by atoms with Gasteiger partial charge in [-0.3, -0.25) is 14.4 Å². The lowest BCUT2D eigenvalue weighted by Gasteiger charge is -2.43. The van der Waals surface area contributed by atoms with Crippen LogP contribution in [0.1, 0.15) is 43.7 Å². The number of benzene rings is 2. The number of likely N-dealkylation sites (tertiary alicyclic amines) is 2. The smallest absolute Gasteiger partial charge is 0.246 e. The van der Waals surface area contributed by atoms with Crippen molar-refractivity contribution in [3.8, 4) is 0 Å². The van der Waals surface area contributed by atoms with Crippen LogP contribution in [0.3, 0.4) is 0 Å². The standard InChI is InChI=1S/C29H38N4O3S/c1-28(2,30)26(35)31-24(19-37-18-21-11-6-4-7-12-21)25(34)33-16-10-15-29(20-33)23(17-32(3)27(29)36)22-13-8-5-9-14-22/h4-9,11-14,23-24H,10,15-20,30H2,1-3H3,(H,31,35)/t23?,24-,29?/m1/s1. The second kappa shape index (κ2) is 11.3. The molecule has 2 heterocycles. The molecule has 37 heavy (non-hydrogen) atoms. The topological polar surface area (TPSA) is 95.7 Å². The molecular weight excluding hydrogens is 484 g/mol. The molecule has 198 valence electrons. The third kappa shape index (κ3) is 6.02. The summed E-state index contributed by atoms with van der Waals surface area (Å²) in [5.41, 5.74) is 6.58. The predicted molar refractivity (Wildman–Crippen MR) is 148 cm³/mol. The SMILES string of the molecule is CN1CC(c2ccccc2)C2(CCCN(C(=O)[C@@H](CSCc3ccccc3)NC(=O)C(C)(C)N)C2)C1=O. The van der Waals surface area contributed by atoms with Crippen LogP contribution in [0.5, 0.6) is 0 Å². The Kier molecular flexibility index (Phi) is 8.29. The van der Waals surface area contributed by atoms with Crippen LogP contribution in [0.2, 0.25) is 0 Å². The fourth-order valence-electron chi connectivity index (χ4n) is 5.51. The zero-order chi connectivity index (χ0) is 26.6. The van der Waals surface area contributed by atoms with Crippen molar-refractivity contribution < 1.29 is 14.4 Å². The number of piperidine rings is 1. The van der Waals surface area contributed by atoms with Gasteiger partial charge in [0.05, 0.1) is 11.0 Å². The Balaban J connectivity index is 1.54. The zero-order valence-electron chi connectivity index (χ0n) is 22.0. The van der Waals surface area contributed by atoms with Crippen LogP contribution in [0, 0.1) is 5.41 Å². The van der Waals surface area contributed by atoms with E-state index < -0.39 is 17.0 Å². The first kappa shape index (κ1) is 27.2. The van der Waals surface area contributed by atoms with E-state index in [1.54, 1.807) is 35.4 Å².